The second kappa shape index (κ2) is 10.7. The lowest BCUT2D eigenvalue weighted by molar-refractivity contribution is -0.529. The first kappa shape index (κ1) is 26.1. The van der Waals surface area contributed by atoms with Gasteiger partial charge in [-0.15, -0.1) is 0 Å². The van der Waals surface area contributed by atoms with Gasteiger partial charge < -0.3 is 25.7 Å². The van der Waals surface area contributed by atoms with Crippen LogP contribution in [0.3, 0.4) is 0 Å². The molecular formula is C28H42FN6O2+. The highest BCUT2D eigenvalue weighted by atomic mass is 19.1. The molecule has 8 nitrogen and oxygen atoms in total. The Morgan fingerprint density at radius 1 is 1.32 bits per heavy atom. The van der Waals surface area contributed by atoms with Crippen molar-refractivity contribution in [3.63, 3.8) is 0 Å². The van der Waals surface area contributed by atoms with Crippen LogP contribution in [0, 0.1) is 18.7 Å². The van der Waals surface area contributed by atoms with Gasteiger partial charge in [0.2, 0.25) is 5.72 Å². The molecule has 5 rings (SSSR count). The molecule has 37 heavy (non-hydrogen) atoms. The van der Waals surface area contributed by atoms with Crippen LogP contribution in [0.25, 0.3) is 0 Å². The van der Waals surface area contributed by atoms with E-state index < -0.39 is 11.8 Å². The number of fused-ring (bicyclic) bond motifs is 3. The Bertz CT molecular complexity index is 1110. The van der Waals surface area contributed by atoms with Crippen molar-refractivity contribution < 1.29 is 19.7 Å². The number of aryl methyl sites for hydroxylation is 1. The third-order valence-electron chi connectivity index (χ3n) is 8.29. The molecule has 0 radical (unpaired) electrons. The summed E-state index contributed by atoms with van der Waals surface area (Å²) in [5, 5.41) is 6.42. The van der Waals surface area contributed by atoms with E-state index in [2.05, 4.69) is 32.8 Å². The van der Waals surface area contributed by atoms with Crippen molar-refractivity contribution in [2.24, 2.45) is 5.92 Å². The number of amides is 1. The maximum absolute atomic E-state index is 14.1. The smallest absolute Gasteiger partial charge is 0.395 e. The SMILES string of the molecule is Cc1nc2c(n1CC1CCC3CCC1N3CC[C@H](NC(=O)OC(C)(C)[NH3+])c1cccc(F)c1)CCNC2. The minimum atomic E-state index is -0.837. The Morgan fingerprint density at radius 3 is 2.92 bits per heavy atom. The first-order valence-corrected chi connectivity index (χ1v) is 13.8. The number of hydrogen-bond donors (Lipinski definition) is 3. The Labute approximate surface area is 219 Å². The van der Waals surface area contributed by atoms with E-state index in [9.17, 15) is 9.18 Å². The number of ether oxygens (including phenoxy) is 1. The predicted octanol–water partition coefficient (Wildman–Crippen LogP) is 3.05. The second-order valence-electron chi connectivity index (χ2n) is 11.7. The molecule has 2 fully saturated rings. The van der Waals surface area contributed by atoms with Crippen molar-refractivity contribution in [3.05, 3.63) is 52.9 Å². The van der Waals surface area contributed by atoms with Crippen molar-refractivity contribution in [3.8, 4) is 0 Å². The third-order valence-corrected chi connectivity index (χ3v) is 8.29. The predicted molar refractivity (Wildman–Crippen MR) is 139 cm³/mol. The monoisotopic (exact) mass is 513 g/mol. The normalized spacial score (nSPS) is 24.5. The van der Waals surface area contributed by atoms with Crippen molar-refractivity contribution in [2.75, 3.05) is 13.1 Å². The van der Waals surface area contributed by atoms with Gasteiger partial charge in [-0.2, -0.15) is 0 Å². The van der Waals surface area contributed by atoms with Gasteiger partial charge in [0.25, 0.3) is 0 Å². The highest BCUT2D eigenvalue weighted by molar-refractivity contribution is 5.68. The number of benzene rings is 1. The first-order valence-electron chi connectivity index (χ1n) is 13.8. The van der Waals surface area contributed by atoms with E-state index in [4.69, 9.17) is 9.72 Å². The van der Waals surface area contributed by atoms with Gasteiger partial charge in [0.05, 0.1) is 11.7 Å². The highest BCUT2D eigenvalue weighted by Gasteiger charge is 2.42. The average molecular weight is 514 g/mol. The number of alkyl carbamates (subject to hydrolysis) is 1. The molecule has 9 heteroatoms. The summed E-state index contributed by atoms with van der Waals surface area (Å²) < 4.78 is 22.0. The third kappa shape index (κ3) is 5.99. The molecule has 3 aliphatic rings. The minimum Gasteiger partial charge on any atom is -0.395 e. The van der Waals surface area contributed by atoms with Crippen molar-refractivity contribution in [1.29, 1.82) is 0 Å². The number of carbonyl (C=O) groups excluding carboxylic acids is 1. The molecule has 2 bridgehead atoms. The molecular weight excluding hydrogens is 471 g/mol. The number of halogens is 1. The quantitative estimate of drug-likeness (QED) is 0.471. The van der Waals surface area contributed by atoms with Crippen molar-refractivity contribution >= 4 is 6.09 Å². The van der Waals surface area contributed by atoms with Crippen molar-refractivity contribution in [2.45, 2.75) is 96.2 Å². The van der Waals surface area contributed by atoms with Crippen LogP contribution in [0.1, 0.15) is 74.8 Å². The summed E-state index contributed by atoms with van der Waals surface area (Å²) in [5.41, 5.74) is 6.40. The molecule has 1 amide bonds. The molecule has 2 aromatic rings. The fraction of sp³-hybridized carbons (Fsp3) is 0.643. The maximum atomic E-state index is 14.1. The fourth-order valence-electron chi connectivity index (χ4n) is 6.67. The van der Waals surface area contributed by atoms with Gasteiger partial charge in [-0.3, -0.25) is 4.90 Å². The summed E-state index contributed by atoms with van der Waals surface area (Å²) >= 11 is 0. The summed E-state index contributed by atoms with van der Waals surface area (Å²) in [6, 6.07) is 7.28. The summed E-state index contributed by atoms with van der Waals surface area (Å²) in [6.07, 6.45) is 6.09. The van der Waals surface area contributed by atoms with Crippen LogP contribution in [-0.4, -0.2) is 51.4 Å². The number of carbonyl (C=O) groups is 1. The molecule has 0 spiro atoms. The van der Waals surface area contributed by atoms with Gasteiger partial charge in [0.1, 0.15) is 11.6 Å². The van der Waals surface area contributed by atoms with Crippen LogP contribution in [0.5, 0.6) is 0 Å². The van der Waals surface area contributed by atoms with E-state index in [0.29, 0.717) is 24.4 Å². The van der Waals surface area contributed by atoms with E-state index in [1.807, 2.05) is 6.07 Å². The summed E-state index contributed by atoms with van der Waals surface area (Å²) in [7, 11) is 0. The van der Waals surface area contributed by atoms with E-state index >= 15 is 0 Å². The zero-order valence-electron chi connectivity index (χ0n) is 22.4. The Balaban J connectivity index is 1.29. The van der Waals surface area contributed by atoms with Crippen LogP contribution >= 0.6 is 0 Å². The lowest BCUT2D eigenvalue weighted by Crippen LogP contribution is -2.71. The highest BCUT2D eigenvalue weighted by Crippen LogP contribution is 2.41. The van der Waals surface area contributed by atoms with Crippen molar-refractivity contribution in [1.82, 2.24) is 25.1 Å². The zero-order valence-corrected chi connectivity index (χ0v) is 22.4. The summed E-state index contributed by atoms with van der Waals surface area (Å²) in [5.74, 6) is 1.41. The minimum absolute atomic E-state index is 0.303. The number of imidazole rings is 1. The van der Waals surface area contributed by atoms with Gasteiger partial charge >= 0.3 is 6.09 Å². The molecule has 4 atom stereocenters. The molecule has 2 saturated heterocycles. The van der Waals surface area contributed by atoms with Gasteiger partial charge in [-0.1, -0.05) is 12.1 Å². The van der Waals surface area contributed by atoms with Gasteiger partial charge in [0, 0.05) is 64.2 Å². The summed E-state index contributed by atoms with van der Waals surface area (Å²) in [4.78, 5) is 20.1. The van der Waals surface area contributed by atoms with Crippen LogP contribution in [-0.2, 0) is 24.2 Å². The molecule has 3 unspecified atom stereocenters. The standard InChI is InChI=1S/C28H41FN6O2/c1-18-32-24-16-31-13-11-26(24)35(18)17-20-7-8-22-9-10-25(20)34(22)14-12-23(19-5-4-6-21(29)15-19)33-27(36)37-28(2,3)30/h4-6,15,20,22-23,25,31H,7-14,16-17,30H2,1-3H3,(H,33,36)/p+1/t20?,22?,23-,25?/m0/s1. The second-order valence-corrected chi connectivity index (χ2v) is 11.7. The average Bonchev–Trinajstić information content (AvgIpc) is 3.30. The van der Waals surface area contributed by atoms with Crippen LogP contribution < -0.4 is 16.4 Å². The number of piperidine rings is 1. The van der Waals surface area contributed by atoms with E-state index in [0.717, 1.165) is 44.0 Å². The first-order chi connectivity index (χ1) is 17.7. The van der Waals surface area contributed by atoms with E-state index in [1.165, 1.54) is 49.2 Å². The summed E-state index contributed by atoms with van der Waals surface area (Å²) in [6.45, 7) is 9.38. The van der Waals surface area contributed by atoms with Crippen LogP contribution in [0.15, 0.2) is 24.3 Å². The number of nitrogens with one attached hydrogen (secondary N) is 2. The van der Waals surface area contributed by atoms with Gasteiger partial charge in [-0.05, 0) is 62.6 Å². The lowest BCUT2D eigenvalue weighted by Gasteiger charge is -2.41. The van der Waals surface area contributed by atoms with Gasteiger partial charge in [-0.25, -0.2) is 14.2 Å². The number of aromatic nitrogens is 2. The zero-order chi connectivity index (χ0) is 26.2. The van der Waals surface area contributed by atoms with Crippen LogP contribution in [0.2, 0.25) is 0 Å². The molecule has 0 aliphatic carbocycles. The molecule has 0 saturated carbocycles. The Kier molecular flexibility index (Phi) is 7.56. The molecule has 1 aromatic carbocycles. The number of quaternary nitrogens is 1. The molecule has 4 heterocycles. The molecule has 202 valence electrons. The molecule has 5 N–H and O–H groups in total. The number of hydrogen-bond acceptors (Lipinski definition) is 5. The largest absolute Gasteiger partial charge is 0.412 e. The number of rotatable bonds is 8. The lowest BCUT2D eigenvalue weighted by atomic mass is 9.89. The van der Waals surface area contributed by atoms with Gasteiger partial charge in [0.15, 0.2) is 0 Å². The fourth-order valence-corrected chi connectivity index (χ4v) is 6.67. The Hall–Kier alpha value is -2.49. The topological polar surface area (TPSA) is 99.1 Å². The van der Waals surface area contributed by atoms with Crippen LogP contribution in [0.4, 0.5) is 9.18 Å². The van der Waals surface area contributed by atoms with E-state index in [1.54, 1.807) is 19.9 Å². The number of nitrogens with zero attached hydrogens (tertiary/aromatic N) is 3. The molecule has 3 aliphatic heterocycles. The maximum Gasteiger partial charge on any atom is 0.412 e. The van der Waals surface area contributed by atoms with E-state index in [-0.39, 0.29) is 11.9 Å². The Morgan fingerprint density at radius 2 is 2.14 bits per heavy atom. The molecule has 1 aromatic heterocycles.